The van der Waals surface area contributed by atoms with Crippen molar-refractivity contribution in [3.05, 3.63) is 35.9 Å². The first-order valence-electron chi connectivity index (χ1n) is 14.0. The average Bonchev–Trinajstić information content (AvgIpc) is 2.82. The fourth-order valence-electron chi connectivity index (χ4n) is 4.34. The van der Waals surface area contributed by atoms with E-state index in [1.807, 2.05) is 30.3 Å². The van der Waals surface area contributed by atoms with Crippen LogP contribution >= 0.6 is 0 Å². The lowest BCUT2D eigenvalue weighted by Gasteiger charge is -2.09. The van der Waals surface area contributed by atoms with Gasteiger partial charge >= 0.3 is 0 Å². The summed E-state index contributed by atoms with van der Waals surface area (Å²) in [5, 5.41) is 0. The standard InChI is InChI=1S/C30H53OS/c1-3-5-7-8-9-10-11-12-13-14-15-16-17-18-19-23-27-32(26-6-4-2)28-30(31)29-24-21-20-22-25-29/h20-22,24-25H,3-19,23,26-28H2,1-2H3/q+1. The van der Waals surface area contributed by atoms with Crippen molar-refractivity contribution in [1.29, 1.82) is 0 Å². The molecule has 1 nitrogen and oxygen atoms in total. The molecule has 0 aliphatic carbocycles. The van der Waals surface area contributed by atoms with Gasteiger partial charge in [-0.2, -0.15) is 0 Å². The Balaban J connectivity index is 1.97. The van der Waals surface area contributed by atoms with Gasteiger partial charge in [-0.25, -0.2) is 0 Å². The molecule has 0 aliphatic heterocycles. The van der Waals surface area contributed by atoms with Crippen LogP contribution in [0.4, 0.5) is 0 Å². The quantitative estimate of drug-likeness (QED) is 0.0900. The minimum absolute atomic E-state index is 0.278. The molecule has 1 unspecified atom stereocenters. The molecule has 1 atom stereocenters. The van der Waals surface area contributed by atoms with Gasteiger partial charge in [0.15, 0.2) is 5.75 Å². The van der Waals surface area contributed by atoms with Gasteiger partial charge in [0.2, 0.25) is 5.78 Å². The second-order valence-corrected chi connectivity index (χ2v) is 11.9. The van der Waals surface area contributed by atoms with Gasteiger partial charge in [-0.05, 0) is 30.2 Å². The molecule has 0 bridgehead atoms. The van der Waals surface area contributed by atoms with E-state index in [-0.39, 0.29) is 10.9 Å². The number of unbranched alkanes of at least 4 members (excludes halogenated alkanes) is 16. The third kappa shape index (κ3) is 16.8. The Hall–Kier alpha value is -0.760. The minimum Gasteiger partial charge on any atom is -0.289 e. The van der Waals surface area contributed by atoms with Crippen molar-refractivity contribution < 1.29 is 4.79 Å². The highest BCUT2D eigenvalue weighted by Crippen LogP contribution is 2.15. The summed E-state index contributed by atoms with van der Waals surface area (Å²) < 4.78 is 0. The van der Waals surface area contributed by atoms with Gasteiger partial charge in [-0.1, -0.05) is 140 Å². The SMILES string of the molecule is CCCCCCCCCCCCCCCCCC[S+](CCCC)CC(=O)c1ccccc1. The summed E-state index contributed by atoms with van der Waals surface area (Å²) in [6.45, 7) is 4.55. The van der Waals surface area contributed by atoms with Crippen molar-refractivity contribution in [3.8, 4) is 0 Å². The van der Waals surface area contributed by atoms with Crippen LogP contribution in [0.3, 0.4) is 0 Å². The second-order valence-electron chi connectivity index (χ2n) is 9.61. The third-order valence-electron chi connectivity index (χ3n) is 6.50. The van der Waals surface area contributed by atoms with E-state index in [9.17, 15) is 4.79 Å². The Morgan fingerprint density at radius 2 is 0.969 bits per heavy atom. The number of hydrogen-bond donors (Lipinski definition) is 0. The van der Waals surface area contributed by atoms with E-state index in [4.69, 9.17) is 0 Å². The molecule has 0 heterocycles. The summed E-state index contributed by atoms with van der Waals surface area (Å²) in [6, 6.07) is 9.89. The van der Waals surface area contributed by atoms with Crippen LogP contribution in [0.2, 0.25) is 0 Å². The first-order chi connectivity index (χ1) is 15.8. The maximum absolute atomic E-state index is 12.6. The highest BCUT2D eigenvalue weighted by atomic mass is 32.2. The van der Waals surface area contributed by atoms with Crippen molar-refractivity contribution in [1.82, 2.24) is 0 Å². The van der Waals surface area contributed by atoms with Gasteiger partial charge < -0.3 is 0 Å². The highest BCUT2D eigenvalue weighted by molar-refractivity contribution is 7.97. The maximum Gasteiger partial charge on any atom is 0.211 e. The monoisotopic (exact) mass is 461 g/mol. The zero-order valence-electron chi connectivity index (χ0n) is 21.6. The van der Waals surface area contributed by atoms with Crippen molar-refractivity contribution in [2.75, 3.05) is 17.3 Å². The van der Waals surface area contributed by atoms with Crippen molar-refractivity contribution in [3.63, 3.8) is 0 Å². The number of carbonyl (C=O) groups excluding carboxylic acids is 1. The predicted molar refractivity (Wildman–Crippen MR) is 147 cm³/mol. The van der Waals surface area contributed by atoms with E-state index < -0.39 is 0 Å². The Kier molecular flexibility index (Phi) is 20.2. The molecular weight excluding hydrogens is 408 g/mol. The van der Waals surface area contributed by atoms with Crippen LogP contribution in [-0.2, 0) is 10.9 Å². The van der Waals surface area contributed by atoms with Crippen molar-refractivity contribution >= 4 is 16.7 Å². The van der Waals surface area contributed by atoms with Crippen molar-refractivity contribution in [2.45, 2.75) is 129 Å². The Labute approximate surface area is 203 Å². The van der Waals surface area contributed by atoms with E-state index in [1.165, 1.54) is 127 Å². The highest BCUT2D eigenvalue weighted by Gasteiger charge is 2.22. The molecular formula is C30H53OS+. The van der Waals surface area contributed by atoms with Crippen LogP contribution in [-0.4, -0.2) is 23.0 Å². The van der Waals surface area contributed by atoms with Crippen LogP contribution in [0.25, 0.3) is 0 Å². The smallest absolute Gasteiger partial charge is 0.211 e. The number of ketones is 1. The number of rotatable bonds is 23. The number of benzene rings is 1. The number of hydrogen-bond acceptors (Lipinski definition) is 1. The van der Waals surface area contributed by atoms with Crippen LogP contribution in [0.5, 0.6) is 0 Å². The summed E-state index contributed by atoms with van der Waals surface area (Å²) in [5.74, 6) is 3.62. The van der Waals surface area contributed by atoms with Gasteiger partial charge in [0, 0.05) is 5.56 Å². The lowest BCUT2D eigenvalue weighted by molar-refractivity contribution is 0.102. The molecule has 0 aliphatic rings. The minimum atomic E-state index is 0.278. The molecule has 32 heavy (non-hydrogen) atoms. The lowest BCUT2D eigenvalue weighted by atomic mass is 10.0. The summed E-state index contributed by atoms with van der Waals surface area (Å²) >= 11 is 0. The largest absolute Gasteiger partial charge is 0.289 e. The topological polar surface area (TPSA) is 17.1 Å². The summed E-state index contributed by atoms with van der Waals surface area (Å²) in [5.41, 5.74) is 0.897. The zero-order chi connectivity index (χ0) is 23.1. The first-order valence-corrected chi connectivity index (χ1v) is 15.7. The molecule has 0 saturated heterocycles. The molecule has 0 radical (unpaired) electrons. The van der Waals surface area contributed by atoms with Gasteiger partial charge in [-0.15, -0.1) is 0 Å². The predicted octanol–water partition coefficient (Wildman–Crippen LogP) is 9.55. The van der Waals surface area contributed by atoms with Crippen LogP contribution in [0.1, 0.15) is 140 Å². The fourth-order valence-corrected chi connectivity index (χ4v) is 6.68. The first kappa shape index (κ1) is 29.3. The van der Waals surface area contributed by atoms with Crippen molar-refractivity contribution in [2.24, 2.45) is 0 Å². The Morgan fingerprint density at radius 1 is 0.562 bits per heavy atom. The van der Waals surface area contributed by atoms with E-state index in [1.54, 1.807) is 0 Å². The molecule has 0 fully saturated rings. The van der Waals surface area contributed by atoms with Gasteiger partial charge in [0.05, 0.1) is 0 Å². The molecule has 0 spiro atoms. The molecule has 0 saturated carbocycles. The molecule has 184 valence electrons. The van der Waals surface area contributed by atoms with Gasteiger partial charge in [0.25, 0.3) is 0 Å². The summed E-state index contributed by atoms with van der Waals surface area (Å²) in [7, 11) is 0.278. The normalized spacial score (nSPS) is 12.2. The number of Topliss-reactive ketones (excluding diaryl/α,β-unsaturated/α-hetero) is 1. The molecule has 1 aromatic rings. The average molecular weight is 462 g/mol. The Bertz CT molecular complexity index is 527. The van der Waals surface area contributed by atoms with Gasteiger partial charge in [0.1, 0.15) is 11.5 Å². The van der Waals surface area contributed by atoms with Crippen LogP contribution < -0.4 is 0 Å². The third-order valence-corrected chi connectivity index (χ3v) is 8.91. The molecule has 2 heteroatoms. The summed E-state index contributed by atoms with van der Waals surface area (Å²) in [4.78, 5) is 12.6. The fraction of sp³-hybridized carbons (Fsp3) is 0.767. The molecule has 0 aromatic heterocycles. The van der Waals surface area contributed by atoms with E-state index in [2.05, 4.69) is 13.8 Å². The zero-order valence-corrected chi connectivity index (χ0v) is 22.4. The second kappa shape index (κ2) is 22.1. The van der Waals surface area contributed by atoms with E-state index >= 15 is 0 Å². The van der Waals surface area contributed by atoms with Gasteiger partial charge in [-0.3, -0.25) is 4.79 Å². The van der Waals surface area contributed by atoms with E-state index in [0.717, 1.165) is 11.3 Å². The maximum atomic E-state index is 12.6. The Morgan fingerprint density at radius 3 is 1.44 bits per heavy atom. The molecule has 0 amide bonds. The molecule has 1 rings (SSSR count). The van der Waals surface area contributed by atoms with Crippen LogP contribution in [0.15, 0.2) is 30.3 Å². The van der Waals surface area contributed by atoms with Crippen LogP contribution in [0, 0.1) is 0 Å². The molecule has 1 aromatic carbocycles. The lowest BCUT2D eigenvalue weighted by Crippen LogP contribution is -2.22. The summed E-state index contributed by atoms with van der Waals surface area (Å²) in [6.07, 6.45) is 25.2. The molecule has 0 N–H and O–H groups in total. The van der Waals surface area contributed by atoms with E-state index in [0.29, 0.717) is 5.78 Å². The number of carbonyl (C=O) groups is 1.